The first-order valence-corrected chi connectivity index (χ1v) is 5.94. The zero-order valence-corrected chi connectivity index (χ0v) is 10.7. The molecule has 17 heavy (non-hydrogen) atoms. The first-order chi connectivity index (χ1) is 7.95. The van der Waals surface area contributed by atoms with Crippen molar-refractivity contribution in [3.05, 3.63) is 15.6 Å². The van der Waals surface area contributed by atoms with Crippen molar-refractivity contribution in [2.24, 2.45) is 0 Å². The van der Waals surface area contributed by atoms with E-state index >= 15 is 0 Å². The molecular formula is C11H13NO4S. The van der Waals surface area contributed by atoms with E-state index in [9.17, 15) is 14.4 Å². The van der Waals surface area contributed by atoms with E-state index < -0.39 is 24.0 Å². The van der Waals surface area contributed by atoms with Gasteiger partial charge in [-0.3, -0.25) is 9.59 Å². The molecule has 0 radical (unpaired) electrons. The van der Waals surface area contributed by atoms with E-state index in [1.807, 2.05) is 0 Å². The van der Waals surface area contributed by atoms with Gasteiger partial charge in [-0.2, -0.15) is 0 Å². The van der Waals surface area contributed by atoms with Gasteiger partial charge in [0.15, 0.2) is 5.78 Å². The molecule has 1 heterocycles. The van der Waals surface area contributed by atoms with Crippen LogP contribution in [0.25, 0.3) is 0 Å². The van der Waals surface area contributed by atoms with Crippen molar-refractivity contribution in [1.82, 2.24) is 4.98 Å². The molecule has 0 unspecified atom stereocenters. The highest BCUT2D eigenvalue weighted by molar-refractivity contribution is 7.11. The fraction of sp³-hybridized carbons (Fsp3) is 0.455. The Morgan fingerprint density at radius 1 is 1.29 bits per heavy atom. The van der Waals surface area contributed by atoms with Crippen LogP contribution in [0.15, 0.2) is 0 Å². The van der Waals surface area contributed by atoms with Crippen LogP contribution < -0.4 is 0 Å². The SMILES string of the molecule is CCOC(=O)C(=O)CC(=O)c1nc(C)sc1C. The first kappa shape index (κ1) is 13.5. The molecule has 0 aliphatic rings. The van der Waals surface area contributed by atoms with E-state index in [0.717, 1.165) is 9.88 Å². The average molecular weight is 255 g/mol. The van der Waals surface area contributed by atoms with Gasteiger partial charge in [-0.05, 0) is 20.8 Å². The third-order valence-electron chi connectivity index (χ3n) is 1.99. The van der Waals surface area contributed by atoms with Gasteiger partial charge in [0, 0.05) is 4.88 Å². The molecule has 0 amide bonds. The Kier molecular flexibility index (Phi) is 4.51. The van der Waals surface area contributed by atoms with Crippen LogP contribution in [-0.4, -0.2) is 29.1 Å². The molecular weight excluding hydrogens is 242 g/mol. The standard InChI is InChI=1S/C11H13NO4S/c1-4-16-11(15)9(14)5-8(13)10-6(2)17-7(3)12-10/h4-5H2,1-3H3. The van der Waals surface area contributed by atoms with Gasteiger partial charge in [0.1, 0.15) is 5.69 Å². The van der Waals surface area contributed by atoms with Crippen molar-refractivity contribution in [3.8, 4) is 0 Å². The van der Waals surface area contributed by atoms with Gasteiger partial charge in [0.2, 0.25) is 5.78 Å². The maximum atomic E-state index is 11.7. The van der Waals surface area contributed by atoms with E-state index in [-0.39, 0.29) is 12.3 Å². The van der Waals surface area contributed by atoms with Crippen LogP contribution >= 0.6 is 11.3 Å². The van der Waals surface area contributed by atoms with Crippen LogP contribution in [0.3, 0.4) is 0 Å². The van der Waals surface area contributed by atoms with E-state index in [1.54, 1.807) is 20.8 Å². The predicted octanol–water partition coefficient (Wildman–Crippen LogP) is 1.46. The smallest absolute Gasteiger partial charge is 0.375 e. The molecule has 0 bridgehead atoms. The second kappa shape index (κ2) is 5.67. The van der Waals surface area contributed by atoms with E-state index in [1.165, 1.54) is 11.3 Å². The molecule has 5 nitrogen and oxygen atoms in total. The summed E-state index contributed by atoms with van der Waals surface area (Å²) in [7, 11) is 0. The minimum atomic E-state index is -0.967. The van der Waals surface area contributed by atoms with Crippen LogP contribution in [0, 0.1) is 13.8 Å². The monoisotopic (exact) mass is 255 g/mol. The number of carbonyl (C=O) groups is 3. The number of aromatic nitrogens is 1. The third-order valence-corrected chi connectivity index (χ3v) is 2.88. The Labute approximate surface area is 103 Å². The van der Waals surface area contributed by atoms with Crippen LogP contribution in [0.1, 0.15) is 33.7 Å². The molecule has 0 aromatic carbocycles. The van der Waals surface area contributed by atoms with Gasteiger partial charge < -0.3 is 4.74 Å². The average Bonchev–Trinajstić information content (AvgIpc) is 2.58. The summed E-state index contributed by atoms with van der Waals surface area (Å²) in [5, 5.41) is 0.759. The Balaban J connectivity index is 2.70. The molecule has 92 valence electrons. The minimum Gasteiger partial charge on any atom is -0.460 e. The molecule has 0 saturated carbocycles. The number of carbonyl (C=O) groups excluding carboxylic acids is 3. The highest BCUT2D eigenvalue weighted by Gasteiger charge is 2.22. The molecule has 0 atom stereocenters. The molecule has 1 rings (SSSR count). The number of hydrogen-bond acceptors (Lipinski definition) is 6. The largest absolute Gasteiger partial charge is 0.460 e. The lowest BCUT2D eigenvalue weighted by atomic mass is 10.1. The summed E-state index contributed by atoms with van der Waals surface area (Å²) in [6.07, 6.45) is -0.483. The number of aryl methyl sites for hydroxylation is 2. The Hall–Kier alpha value is -1.56. The second-order valence-corrected chi connectivity index (χ2v) is 4.79. The predicted molar refractivity (Wildman–Crippen MR) is 62.2 cm³/mol. The van der Waals surface area contributed by atoms with E-state index in [0.29, 0.717) is 0 Å². The number of Topliss-reactive ketones (excluding diaryl/α,β-unsaturated/α-hetero) is 2. The zero-order valence-electron chi connectivity index (χ0n) is 9.90. The third kappa shape index (κ3) is 3.45. The topological polar surface area (TPSA) is 73.3 Å². The number of esters is 1. The van der Waals surface area contributed by atoms with Gasteiger partial charge >= 0.3 is 5.97 Å². The summed E-state index contributed by atoms with van der Waals surface area (Å²) in [6, 6.07) is 0. The van der Waals surface area contributed by atoms with Gasteiger partial charge in [-0.1, -0.05) is 0 Å². The first-order valence-electron chi connectivity index (χ1n) is 5.12. The van der Waals surface area contributed by atoms with Gasteiger partial charge in [-0.25, -0.2) is 9.78 Å². The number of ether oxygens (including phenoxy) is 1. The molecule has 0 aliphatic carbocycles. The number of thiazole rings is 1. The summed E-state index contributed by atoms with van der Waals surface area (Å²) >= 11 is 1.38. The minimum absolute atomic E-state index is 0.119. The molecule has 1 aromatic heterocycles. The maximum Gasteiger partial charge on any atom is 0.375 e. The molecule has 1 aromatic rings. The quantitative estimate of drug-likeness (QED) is 0.345. The number of nitrogens with zero attached hydrogens (tertiary/aromatic N) is 1. The molecule has 0 aliphatic heterocycles. The van der Waals surface area contributed by atoms with Crippen molar-refractivity contribution in [2.75, 3.05) is 6.61 Å². The lowest BCUT2D eigenvalue weighted by molar-refractivity contribution is -0.153. The molecule has 0 spiro atoms. The number of rotatable bonds is 5. The van der Waals surface area contributed by atoms with Gasteiger partial charge in [0.05, 0.1) is 18.0 Å². The molecule has 0 N–H and O–H groups in total. The van der Waals surface area contributed by atoms with Crippen LogP contribution in [0.4, 0.5) is 0 Å². The normalized spacial score (nSPS) is 10.1. The highest BCUT2D eigenvalue weighted by atomic mass is 32.1. The van der Waals surface area contributed by atoms with Gasteiger partial charge in [-0.15, -0.1) is 11.3 Å². The molecule has 0 fully saturated rings. The summed E-state index contributed by atoms with van der Waals surface area (Å²) in [5.41, 5.74) is 0.269. The number of ketones is 2. The maximum absolute atomic E-state index is 11.7. The van der Waals surface area contributed by atoms with Crippen molar-refractivity contribution in [3.63, 3.8) is 0 Å². The fourth-order valence-corrected chi connectivity index (χ4v) is 2.14. The summed E-state index contributed by atoms with van der Waals surface area (Å²) in [4.78, 5) is 38.9. The van der Waals surface area contributed by atoms with E-state index in [4.69, 9.17) is 0 Å². The Morgan fingerprint density at radius 3 is 2.41 bits per heavy atom. The fourth-order valence-electron chi connectivity index (χ4n) is 1.30. The highest BCUT2D eigenvalue weighted by Crippen LogP contribution is 2.17. The summed E-state index contributed by atoms with van der Waals surface area (Å²) in [5.74, 6) is -2.24. The van der Waals surface area contributed by atoms with E-state index in [2.05, 4.69) is 9.72 Å². The van der Waals surface area contributed by atoms with Crippen molar-refractivity contribution < 1.29 is 19.1 Å². The lowest BCUT2D eigenvalue weighted by Gasteiger charge is -1.99. The van der Waals surface area contributed by atoms with Crippen LogP contribution in [0.5, 0.6) is 0 Å². The molecule has 0 saturated heterocycles. The molecule has 6 heteroatoms. The summed E-state index contributed by atoms with van der Waals surface area (Å²) in [6.45, 7) is 5.25. The van der Waals surface area contributed by atoms with Gasteiger partial charge in [0.25, 0.3) is 0 Å². The second-order valence-electron chi connectivity index (χ2n) is 3.38. The Bertz CT molecular complexity index is 464. The zero-order chi connectivity index (χ0) is 13.0. The van der Waals surface area contributed by atoms with Crippen LogP contribution in [-0.2, 0) is 14.3 Å². The van der Waals surface area contributed by atoms with Crippen molar-refractivity contribution in [2.45, 2.75) is 27.2 Å². The summed E-state index contributed by atoms with van der Waals surface area (Å²) < 4.78 is 4.52. The van der Waals surface area contributed by atoms with Crippen molar-refractivity contribution >= 4 is 28.9 Å². The van der Waals surface area contributed by atoms with Crippen LogP contribution in [0.2, 0.25) is 0 Å². The lowest BCUT2D eigenvalue weighted by Crippen LogP contribution is -2.21. The van der Waals surface area contributed by atoms with Crippen molar-refractivity contribution in [1.29, 1.82) is 0 Å². The number of hydrogen-bond donors (Lipinski definition) is 0. The Morgan fingerprint density at radius 2 is 1.94 bits per heavy atom.